The molecule has 4 rings (SSSR count). The molecule has 0 bridgehead atoms. The van der Waals surface area contributed by atoms with Crippen molar-refractivity contribution in [1.29, 1.82) is 0 Å². The molecule has 1 saturated heterocycles. The van der Waals surface area contributed by atoms with E-state index in [-0.39, 0.29) is 12.0 Å². The van der Waals surface area contributed by atoms with Gasteiger partial charge in [0.25, 0.3) is 0 Å². The number of likely N-dealkylation sites (tertiary alicyclic amines) is 1. The average Bonchev–Trinajstić information content (AvgIpc) is 3.34. The molecule has 0 saturated carbocycles. The van der Waals surface area contributed by atoms with Crippen LogP contribution in [0.2, 0.25) is 0 Å². The van der Waals surface area contributed by atoms with E-state index in [2.05, 4.69) is 25.5 Å². The van der Waals surface area contributed by atoms with Gasteiger partial charge >= 0.3 is 0 Å². The Hall–Kier alpha value is -2.52. The van der Waals surface area contributed by atoms with Gasteiger partial charge in [-0.05, 0) is 0 Å². The third kappa shape index (κ3) is 3.20. The van der Waals surface area contributed by atoms with E-state index in [0.29, 0.717) is 6.54 Å². The largest absolute Gasteiger partial charge is 0.379 e. The van der Waals surface area contributed by atoms with Crippen molar-refractivity contribution >= 4 is 0 Å². The van der Waals surface area contributed by atoms with Crippen LogP contribution in [-0.2, 0) is 25.4 Å². The molecule has 0 aliphatic carbocycles. The van der Waals surface area contributed by atoms with Crippen LogP contribution in [0.3, 0.4) is 0 Å². The summed E-state index contributed by atoms with van der Waals surface area (Å²) in [5.74, 6) is 1.04. The van der Waals surface area contributed by atoms with Crippen molar-refractivity contribution in [3.63, 3.8) is 0 Å². The highest BCUT2D eigenvalue weighted by atomic mass is 16.5. The van der Waals surface area contributed by atoms with Crippen molar-refractivity contribution in [2.24, 2.45) is 14.1 Å². The lowest BCUT2D eigenvalue weighted by Gasteiger charge is -2.13. The predicted molar refractivity (Wildman–Crippen MR) is 88.5 cm³/mol. The van der Waals surface area contributed by atoms with E-state index in [1.165, 1.54) is 0 Å². The predicted octanol–water partition coefficient (Wildman–Crippen LogP) is 0.818. The van der Waals surface area contributed by atoms with Gasteiger partial charge in [0.2, 0.25) is 0 Å². The van der Waals surface area contributed by atoms with E-state index in [9.17, 15) is 0 Å². The monoisotopic (exact) mass is 343 g/mol. The van der Waals surface area contributed by atoms with Gasteiger partial charge in [-0.2, -0.15) is 5.10 Å². The molecule has 1 aliphatic heterocycles. The summed E-state index contributed by atoms with van der Waals surface area (Å²) in [5.41, 5.74) is 2.72. The molecule has 2 atom stereocenters. The summed E-state index contributed by atoms with van der Waals surface area (Å²) in [6, 6.07) is 1.97. The molecule has 0 radical (unpaired) electrons. The van der Waals surface area contributed by atoms with Crippen LogP contribution in [0, 0.1) is 0 Å². The Balaban J connectivity index is 1.45. The van der Waals surface area contributed by atoms with E-state index < -0.39 is 0 Å². The van der Waals surface area contributed by atoms with Crippen LogP contribution in [0.1, 0.15) is 17.4 Å². The molecule has 0 N–H and O–H groups in total. The summed E-state index contributed by atoms with van der Waals surface area (Å²) < 4.78 is 14.6. The standard InChI is InChI=1S/C16H21N7O2/c1-21-6-11(5-17-21)14-4-12(25-19-14)7-23-8-13(16(10-23)24-3)15-9-22(2)20-18-15/h4-6,9,13,16H,7-8,10H2,1-3H3/t13-,16+/m0/s1. The highest BCUT2D eigenvalue weighted by Gasteiger charge is 2.36. The van der Waals surface area contributed by atoms with Crippen LogP contribution in [0.5, 0.6) is 0 Å². The fourth-order valence-electron chi connectivity index (χ4n) is 3.34. The first-order chi connectivity index (χ1) is 12.1. The second kappa shape index (κ2) is 6.41. The van der Waals surface area contributed by atoms with Crippen LogP contribution in [0.25, 0.3) is 11.3 Å². The lowest BCUT2D eigenvalue weighted by Crippen LogP contribution is -2.22. The number of aryl methyl sites for hydroxylation is 2. The van der Waals surface area contributed by atoms with Crippen molar-refractivity contribution in [2.45, 2.75) is 18.6 Å². The van der Waals surface area contributed by atoms with Gasteiger partial charge in [0.15, 0.2) is 5.76 Å². The second-order valence-corrected chi connectivity index (χ2v) is 6.47. The fraction of sp³-hybridized carbons (Fsp3) is 0.500. The maximum atomic E-state index is 5.66. The van der Waals surface area contributed by atoms with Gasteiger partial charge in [-0.25, -0.2) is 0 Å². The number of rotatable bonds is 5. The van der Waals surface area contributed by atoms with Crippen molar-refractivity contribution in [2.75, 3.05) is 20.2 Å². The molecular weight excluding hydrogens is 322 g/mol. The molecule has 9 heteroatoms. The van der Waals surface area contributed by atoms with Gasteiger partial charge in [-0.15, -0.1) is 5.10 Å². The first-order valence-corrected chi connectivity index (χ1v) is 8.18. The van der Waals surface area contributed by atoms with Crippen LogP contribution in [-0.4, -0.2) is 61.1 Å². The molecule has 1 fully saturated rings. The summed E-state index contributed by atoms with van der Waals surface area (Å²) in [6.45, 7) is 2.35. The van der Waals surface area contributed by atoms with Crippen LogP contribution >= 0.6 is 0 Å². The van der Waals surface area contributed by atoms with Gasteiger partial charge in [0, 0.05) is 64.2 Å². The fourth-order valence-corrected chi connectivity index (χ4v) is 3.34. The highest BCUT2D eigenvalue weighted by Crippen LogP contribution is 2.29. The van der Waals surface area contributed by atoms with Gasteiger partial charge in [-0.3, -0.25) is 14.3 Å². The second-order valence-electron chi connectivity index (χ2n) is 6.47. The molecular formula is C16H21N7O2. The number of ether oxygens (including phenoxy) is 1. The summed E-state index contributed by atoms with van der Waals surface area (Å²) >= 11 is 0. The molecule has 132 valence electrons. The number of hydrogen-bond donors (Lipinski definition) is 0. The van der Waals surface area contributed by atoms with E-state index in [1.54, 1.807) is 22.7 Å². The first-order valence-electron chi connectivity index (χ1n) is 8.18. The molecule has 4 heterocycles. The van der Waals surface area contributed by atoms with Crippen LogP contribution < -0.4 is 0 Å². The van der Waals surface area contributed by atoms with E-state index in [1.807, 2.05) is 32.6 Å². The molecule has 3 aromatic heterocycles. The quantitative estimate of drug-likeness (QED) is 0.678. The third-order valence-corrected chi connectivity index (χ3v) is 4.58. The Bertz CT molecular complexity index is 852. The number of hydrogen-bond acceptors (Lipinski definition) is 7. The highest BCUT2D eigenvalue weighted by molar-refractivity contribution is 5.56. The van der Waals surface area contributed by atoms with Gasteiger partial charge in [0.1, 0.15) is 5.69 Å². The Kier molecular flexibility index (Phi) is 4.10. The Morgan fingerprint density at radius 3 is 2.80 bits per heavy atom. The van der Waals surface area contributed by atoms with Crippen molar-refractivity contribution in [3.05, 3.63) is 36.1 Å². The average molecular weight is 343 g/mol. The summed E-state index contributed by atoms with van der Waals surface area (Å²) in [6.07, 6.45) is 5.75. The van der Waals surface area contributed by atoms with Gasteiger partial charge in [0.05, 0.1) is 24.5 Å². The molecule has 3 aromatic rings. The smallest absolute Gasteiger partial charge is 0.151 e. The molecule has 25 heavy (non-hydrogen) atoms. The van der Waals surface area contributed by atoms with E-state index in [4.69, 9.17) is 9.26 Å². The molecule has 0 unspecified atom stereocenters. The van der Waals surface area contributed by atoms with Gasteiger partial charge < -0.3 is 9.26 Å². The maximum Gasteiger partial charge on any atom is 0.151 e. The third-order valence-electron chi connectivity index (χ3n) is 4.58. The summed E-state index contributed by atoms with van der Waals surface area (Å²) in [5, 5.41) is 16.6. The summed E-state index contributed by atoms with van der Waals surface area (Å²) in [7, 11) is 5.50. The number of methoxy groups -OCH3 is 1. The minimum absolute atomic E-state index is 0.0948. The van der Waals surface area contributed by atoms with E-state index >= 15 is 0 Å². The SMILES string of the molecule is CO[C@@H]1CN(Cc2cc(-c3cnn(C)c3)no2)C[C@H]1c1cn(C)nn1. The molecule has 9 nitrogen and oxygen atoms in total. The van der Waals surface area contributed by atoms with Crippen molar-refractivity contribution in [1.82, 2.24) is 34.8 Å². The molecule has 0 aromatic carbocycles. The Morgan fingerprint density at radius 2 is 2.12 bits per heavy atom. The minimum Gasteiger partial charge on any atom is -0.379 e. The van der Waals surface area contributed by atoms with Crippen LogP contribution in [0.4, 0.5) is 0 Å². The lowest BCUT2D eigenvalue weighted by molar-refractivity contribution is 0.0948. The van der Waals surface area contributed by atoms with Crippen molar-refractivity contribution < 1.29 is 9.26 Å². The van der Waals surface area contributed by atoms with Crippen LogP contribution in [0.15, 0.2) is 29.2 Å². The Labute approximate surface area is 145 Å². The van der Waals surface area contributed by atoms with E-state index in [0.717, 1.165) is 35.8 Å². The topological polar surface area (TPSA) is 87.0 Å². The van der Waals surface area contributed by atoms with Crippen molar-refractivity contribution in [3.8, 4) is 11.3 Å². The zero-order chi connectivity index (χ0) is 17.4. The van der Waals surface area contributed by atoms with Gasteiger partial charge in [-0.1, -0.05) is 10.4 Å². The number of aromatic nitrogens is 6. The zero-order valence-corrected chi connectivity index (χ0v) is 14.5. The number of nitrogens with zero attached hydrogens (tertiary/aromatic N) is 7. The zero-order valence-electron chi connectivity index (χ0n) is 14.5. The normalized spacial score (nSPS) is 21.2. The molecule has 1 aliphatic rings. The molecule has 0 spiro atoms. The first kappa shape index (κ1) is 16.0. The molecule has 0 amide bonds. The summed E-state index contributed by atoms with van der Waals surface area (Å²) in [4.78, 5) is 2.29. The maximum absolute atomic E-state index is 5.66. The Morgan fingerprint density at radius 1 is 1.24 bits per heavy atom. The lowest BCUT2D eigenvalue weighted by atomic mass is 10.0. The minimum atomic E-state index is 0.0948.